The van der Waals surface area contributed by atoms with E-state index < -0.39 is 9.84 Å². The number of hydrogen-bond donors (Lipinski definition) is 0. The summed E-state index contributed by atoms with van der Waals surface area (Å²) in [7, 11) is -3.45. The first-order chi connectivity index (χ1) is 14.5. The summed E-state index contributed by atoms with van der Waals surface area (Å²) in [5, 5.41) is 0. The highest BCUT2D eigenvalue weighted by Crippen LogP contribution is 2.19. The first-order valence-electron chi connectivity index (χ1n) is 9.99. The summed E-state index contributed by atoms with van der Waals surface area (Å²) >= 11 is 0. The lowest BCUT2D eigenvalue weighted by molar-refractivity contribution is 0.0746. The van der Waals surface area contributed by atoms with Gasteiger partial charge in [-0.25, -0.2) is 8.42 Å². The molecule has 6 heteroatoms. The highest BCUT2D eigenvalue weighted by atomic mass is 32.2. The summed E-state index contributed by atoms with van der Waals surface area (Å²) in [6.07, 6.45) is 0. The fourth-order valence-electron chi connectivity index (χ4n) is 3.71. The van der Waals surface area contributed by atoms with E-state index in [0.29, 0.717) is 29.1 Å². The molecule has 30 heavy (non-hydrogen) atoms. The van der Waals surface area contributed by atoms with Crippen molar-refractivity contribution >= 4 is 21.4 Å². The maximum Gasteiger partial charge on any atom is 0.253 e. The van der Waals surface area contributed by atoms with E-state index in [9.17, 15) is 13.2 Å². The topological polar surface area (TPSA) is 57.7 Å². The van der Waals surface area contributed by atoms with Crippen molar-refractivity contribution in [3.8, 4) is 0 Å². The van der Waals surface area contributed by atoms with Gasteiger partial charge < -0.3 is 9.80 Å². The van der Waals surface area contributed by atoms with Crippen molar-refractivity contribution in [3.63, 3.8) is 0 Å². The van der Waals surface area contributed by atoms with Crippen molar-refractivity contribution in [3.05, 3.63) is 96.1 Å². The van der Waals surface area contributed by atoms with E-state index in [4.69, 9.17) is 0 Å². The zero-order valence-corrected chi connectivity index (χ0v) is 17.5. The maximum absolute atomic E-state index is 13.0. The molecule has 3 aromatic carbocycles. The molecule has 4 rings (SSSR count). The molecule has 1 aliphatic rings. The van der Waals surface area contributed by atoms with E-state index in [-0.39, 0.29) is 11.7 Å². The third-order valence-electron chi connectivity index (χ3n) is 5.32. The van der Waals surface area contributed by atoms with Gasteiger partial charge in [-0.2, -0.15) is 0 Å². The Morgan fingerprint density at radius 1 is 0.767 bits per heavy atom. The predicted octanol–water partition coefficient (Wildman–Crippen LogP) is 3.62. The zero-order valence-electron chi connectivity index (χ0n) is 16.6. The molecule has 3 aromatic rings. The Morgan fingerprint density at radius 2 is 1.40 bits per heavy atom. The summed E-state index contributed by atoms with van der Waals surface area (Å²) in [5.41, 5.74) is 2.31. The number of carbonyl (C=O) groups excluding carboxylic acids is 1. The van der Waals surface area contributed by atoms with Gasteiger partial charge in [0, 0.05) is 37.4 Å². The minimum absolute atomic E-state index is 0.0540. The quantitative estimate of drug-likeness (QED) is 0.633. The van der Waals surface area contributed by atoms with Crippen LogP contribution in [0.2, 0.25) is 0 Å². The van der Waals surface area contributed by atoms with Crippen LogP contribution in [0.4, 0.5) is 5.69 Å². The van der Waals surface area contributed by atoms with Crippen LogP contribution in [0.3, 0.4) is 0 Å². The minimum Gasteiger partial charge on any atom is -0.368 e. The molecule has 5 nitrogen and oxygen atoms in total. The van der Waals surface area contributed by atoms with Gasteiger partial charge in [0.05, 0.1) is 10.6 Å². The summed E-state index contributed by atoms with van der Waals surface area (Å²) in [6, 6.07) is 25.5. The average Bonchev–Trinajstić information content (AvgIpc) is 2.80. The largest absolute Gasteiger partial charge is 0.368 e. The zero-order chi connectivity index (χ0) is 21.0. The number of anilines is 1. The summed E-state index contributed by atoms with van der Waals surface area (Å²) in [4.78, 5) is 17.4. The van der Waals surface area contributed by atoms with Crippen LogP contribution >= 0.6 is 0 Å². The van der Waals surface area contributed by atoms with Gasteiger partial charge in [-0.1, -0.05) is 48.5 Å². The monoisotopic (exact) mass is 420 g/mol. The predicted molar refractivity (Wildman–Crippen MR) is 118 cm³/mol. The Hall–Kier alpha value is -3.12. The third-order valence-corrected chi connectivity index (χ3v) is 7.02. The molecule has 1 saturated heterocycles. The molecule has 1 amide bonds. The van der Waals surface area contributed by atoms with Crippen LogP contribution < -0.4 is 4.90 Å². The number of benzene rings is 3. The second kappa shape index (κ2) is 8.71. The van der Waals surface area contributed by atoms with Crippen molar-refractivity contribution in [2.45, 2.75) is 10.6 Å². The molecule has 1 fully saturated rings. The number of para-hydroxylation sites is 1. The van der Waals surface area contributed by atoms with Crippen LogP contribution in [0, 0.1) is 0 Å². The van der Waals surface area contributed by atoms with Crippen molar-refractivity contribution in [1.82, 2.24) is 4.90 Å². The van der Waals surface area contributed by atoms with Crippen LogP contribution in [-0.2, 0) is 15.6 Å². The van der Waals surface area contributed by atoms with Crippen molar-refractivity contribution < 1.29 is 13.2 Å². The van der Waals surface area contributed by atoms with E-state index in [2.05, 4.69) is 17.0 Å². The Labute approximate surface area is 177 Å². The number of rotatable bonds is 5. The number of sulfone groups is 1. The van der Waals surface area contributed by atoms with E-state index in [0.717, 1.165) is 18.8 Å². The molecule has 0 bridgehead atoms. The normalized spacial score (nSPS) is 14.5. The van der Waals surface area contributed by atoms with Crippen LogP contribution in [0.15, 0.2) is 89.8 Å². The van der Waals surface area contributed by atoms with Crippen LogP contribution in [0.25, 0.3) is 0 Å². The van der Waals surface area contributed by atoms with Crippen LogP contribution in [-0.4, -0.2) is 45.4 Å². The first kappa shape index (κ1) is 20.2. The van der Waals surface area contributed by atoms with Gasteiger partial charge in [-0.05, 0) is 42.0 Å². The molecule has 1 heterocycles. The Kier molecular flexibility index (Phi) is 5.86. The molecule has 0 N–H and O–H groups in total. The smallest absolute Gasteiger partial charge is 0.253 e. The molecule has 0 aromatic heterocycles. The second-order valence-electron chi connectivity index (χ2n) is 7.39. The maximum atomic E-state index is 13.0. The average molecular weight is 421 g/mol. The van der Waals surface area contributed by atoms with Gasteiger partial charge in [0.2, 0.25) is 0 Å². The van der Waals surface area contributed by atoms with Gasteiger partial charge in [-0.3, -0.25) is 4.79 Å². The Morgan fingerprint density at radius 3 is 2.07 bits per heavy atom. The van der Waals surface area contributed by atoms with E-state index in [1.807, 2.05) is 23.1 Å². The molecular formula is C24H24N2O3S. The van der Waals surface area contributed by atoms with Gasteiger partial charge >= 0.3 is 0 Å². The summed E-state index contributed by atoms with van der Waals surface area (Å²) < 4.78 is 25.3. The third kappa shape index (κ3) is 4.54. The standard InChI is InChI=1S/C24H24N2O3S/c27-24(26-16-14-25(15-17-26)22-10-3-1-4-11-22)21-9-7-8-20(18-21)19-30(28,29)23-12-5-2-6-13-23/h1-13,18H,14-17,19H2. The number of amides is 1. The van der Waals surface area contributed by atoms with Crippen molar-refractivity contribution in [1.29, 1.82) is 0 Å². The van der Waals surface area contributed by atoms with Gasteiger partial charge in [0.25, 0.3) is 5.91 Å². The lowest BCUT2D eigenvalue weighted by Crippen LogP contribution is -2.48. The number of hydrogen-bond acceptors (Lipinski definition) is 4. The van der Waals surface area contributed by atoms with Gasteiger partial charge in [-0.15, -0.1) is 0 Å². The molecule has 0 unspecified atom stereocenters. The van der Waals surface area contributed by atoms with Crippen LogP contribution in [0.1, 0.15) is 15.9 Å². The molecule has 1 aliphatic heterocycles. The van der Waals surface area contributed by atoms with E-state index in [1.165, 1.54) is 0 Å². The SMILES string of the molecule is O=C(c1cccc(CS(=O)(=O)c2ccccc2)c1)N1CCN(c2ccccc2)CC1. The molecule has 0 atom stereocenters. The highest BCUT2D eigenvalue weighted by Gasteiger charge is 2.23. The number of nitrogens with zero attached hydrogens (tertiary/aromatic N) is 2. The molecule has 0 spiro atoms. The van der Waals surface area contributed by atoms with Crippen molar-refractivity contribution in [2.24, 2.45) is 0 Å². The Bertz CT molecular complexity index is 1110. The highest BCUT2D eigenvalue weighted by molar-refractivity contribution is 7.90. The Balaban J connectivity index is 1.43. The second-order valence-corrected chi connectivity index (χ2v) is 9.38. The molecule has 154 valence electrons. The fraction of sp³-hybridized carbons (Fsp3) is 0.208. The van der Waals surface area contributed by atoms with Crippen LogP contribution in [0.5, 0.6) is 0 Å². The van der Waals surface area contributed by atoms with Gasteiger partial charge in [0.15, 0.2) is 9.84 Å². The molecular weight excluding hydrogens is 396 g/mol. The van der Waals surface area contributed by atoms with E-state index >= 15 is 0 Å². The first-order valence-corrected chi connectivity index (χ1v) is 11.6. The number of piperazine rings is 1. The van der Waals surface area contributed by atoms with Crippen molar-refractivity contribution in [2.75, 3.05) is 31.1 Å². The van der Waals surface area contributed by atoms with Gasteiger partial charge in [0.1, 0.15) is 0 Å². The minimum atomic E-state index is -3.45. The summed E-state index contributed by atoms with van der Waals surface area (Å²) in [5.74, 6) is -0.179. The molecule has 0 radical (unpaired) electrons. The fourth-order valence-corrected chi connectivity index (χ4v) is 5.07. The number of carbonyl (C=O) groups is 1. The lowest BCUT2D eigenvalue weighted by Gasteiger charge is -2.36. The molecule has 0 aliphatic carbocycles. The summed E-state index contributed by atoms with van der Waals surface area (Å²) in [6.45, 7) is 2.83. The molecule has 0 saturated carbocycles. The van der Waals surface area contributed by atoms with E-state index in [1.54, 1.807) is 54.6 Å². The lowest BCUT2D eigenvalue weighted by atomic mass is 10.1.